The van der Waals surface area contributed by atoms with Crippen LogP contribution in [0.1, 0.15) is 31.5 Å². The van der Waals surface area contributed by atoms with Crippen LogP contribution in [0.5, 0.6) is 5.75 Å². The number of aryl methyl sites for hydroxylation is 1. The number of rotatable bonds is 10. The van der Waals surface area contributed by atoms with Crippen LogP contribution >= 0.6 is 12.2 Å². The summed E-state index contributed by atoms with van der Waals surface area (Å²) in [6.45, 7) is 3.27. The first-order chi connectivity index (χ1) is 14.1. The van der Waals surface area contributed by atoms with Gasteiger partial charge < -0.3 is 19.1 Å². The standard InChI is InChI=1S/C19H24N6O3S/c1-3-25-15(22-23-19(25)29)11-12-20-16(26)5-4-6-17-21-18(24-28-17)13-7-9-14(27-2)10-8-13/h7-10H,3-6,11-12H2,1-2H3,(H,20,26)(H,23,29). The second-order valence-electron chi connectivity index (χ2n) is 6.38. The molecule has 1 amide bonds. The Morgan fingerprint density at radius 1 is 1.31 bits per heavy atom. The van der Waals surface area contributed by atoms with E-state index in [0.29, 0.717) is 48.7 Å². The number of nitrogens with zero attached hydrogens (tertiary/aromatic N) is 4. The van der Waals surface area contributed by atoms with E-state index in [9.17, 15) is 4.79 Å². The molecule has 0 spiro atoms. The van der Waals surface area contributed by atoms with Crippen LogP contribution < -0.4 is 10.1 Å². The normalized spacial score (nSPS) is 10.8. The zero-order valence-electron chi connectivity index (χ0n) is 16.5. The Morgan fingerprint density at radius 2 is 2.10 bits per heavy atom. The van der Waals surface area contributed by atoms with Crippen LogP contribution in [0.3, 0.4) is 0 Å². The summed E-state index contributed by atoms with van der Waals surface area (Å²) in [6, 6.07) is 7.43. The number of nitrogens with one attached hydrogen (secondary N) is 2. The molecule has 1 aromatic carbocycles. The lowest BCUT2D eigenvalue weighted by atomic mass is 10.2. The van der Waals surface area contributed by atoms with E-state index in [1.165, 1.54) is 0 Å². The summed E-state index contributed by atoms with van der Waals surface area (Å²) < 4.78 is 12.9. The van der Waals surface area contributed by atoms with E-state index < -0.39 is 0 Å². The number of benzene rings is 1. The summed E-state index contributed by atoms with van der Waals surface area (Å²) in [7, 11) is 1.62. The van der Waals surface area contributed by atoms with Crippen molar-refractivity contribution < 1.29 is 14.1 Å². The fourth-order valence-electron chi connectivity index (χ4n) is 2.88. The van der Waals surface area contributed by atoms with Crippen LogP contribution in [0.2, 0.25) is 0 Å². The molecule has 29 heavy (non-hydrogen) atoms. The highest BCUT2D eigenvalue weighted by Gasteiger charge is 2.10. The third-order valence-corrected chi connectivity index (χ3v) is 4.75. The Bertz CT molecular complexity index is 992. The Hall–Kier alpha value is -3.01. The van der Waals surface area contributed by atoms with Crippen molar-refractivity contribution in [1.29, 1.82) is 0 Å². The van der Waals surface area contributed by atoms with Gasteiger partial charge in [-0.05, 0) is 49.8 Å². The highest BCUT2D eigenvalue weighted by molar-refractivity contribution is 7.71. The van der Waals surface area contributed by atoms with Crippen molar-refractivity contribution in [2.24, 2.45) is 0 Å². The molecule has 2 heterocycles. The van der Waals surface area contributed by atoms with Crippen LogP contribution in [0.4, 0.5) is 0 Å². The Morgan fingerprint density at radius 3 is 2.83 bits per heavy atom. The Labute approximate surface area is 173 Å². The van der Waals surface area contributed by atoms with Crippen molar-refractivity contribution in [1.82, 2.24) is 30.2 Å². The van der Waals surface area contributed by atoms with Crippen molar-refractivity contribution in [2.75, 3.05) is 13.7 Å². The molecule has 0 saturated carbocycles. The molecule has 3 aromatic rings. The average molecular weight is 417 g/mol. The molecular formula is C19H24N6O3S. The maximum absolute atomic E-state index is 12.0. The quantitative estimate of drug-likeness (QED) is 0.489. The average Bonchev–Trinajstić information content (AvgIpc) is 3.34. The van der Waals surface area contributed by atoms with Crippen molar-refractivity contribution >= 4 is 18.1 Å². The van der Waals surface area contributed by atoms with Gasteiger partial charge in [-0.15, -0.1) is 0 Å². The lowest BCUT2D eigenvalue weighted by molar-refractivity contribution is -0.121. The molecule has 0 radical (unpaired) electrons. The summed E-state index contributed by atoms with van der Waals surface area (Å²) in [6.07, 6.45) is 2.19. The molecule has 2 aromatic heterocycles. The van der Waals surface area contributed by atoms with Gasteiger partial charge in [-0.2, -0.15) is 10.1 Å². The minimum absolute atomic E-state index is 0.0166. The fourth-order valence-corrected chi connectivity index (χ4v) is 3.16. The van der Waals surface area contributed by atoms with Gasteiger partial charge in [0.15, 0.2) is 4.77 Å². The van der Waals surface area contributed by atoms with E-state index in [1.807, 2.05) is 35.8 Å². The summed E-state index contributed by atoms with van der Waals surface area (Å²) in [5.74, 6) is 2.63. The molecular weight excluding hydrogens is 392 g/mol. The van der Waals surface area contributed by atoms with E-state index in [4.69, 9.17) is 21.5 Å². The molecule has 0 bridgehead atoms. The number of carbonyl (C=O) groups is 1. The zero-order chi connectivity index (χ0) is 20.6. The summed E-state index contributed by atoms with van der Waals surface area (Å²) >= 11 is 5.15. The number of hydrogen-bond donors (Lipinski definition) is 2. The summed E-state index contributed by atoms with van der Waals surface area (Å²) in [5, 5.41) is 13.8. The lowest BCUT2D eigenvalue weighted by Crippen LogP contribution is -2.26. The van der Waals surface area contributed by atoms with Gasteiger partial charge >= 0.3 is 0 Å². The number of ether oxygens (including phenoxy) is 1. The number of aromatic amines is 1. The predicted octanol–water partition coefficient (Wildman–Crippen LogP) is 2.70. The summed E-state index contributed by atoms with van der Waals surface area (Å²) in [4.78, 5) is 16.4. The number of aromatic nitrogens is 5. The highest BCUT2D eigenvalue weighted by atomic mass is 32.1. The molecule has 9 nitrogen and oxygen atoms in total. The SMILES string of the molecule is CCn1c(CCNC(=O)CCCc2nc(-c3ccc(OC)cc3)no2)n[nH]c1=S. The van der Waals surface area contributed by atoms with Crippen LogP contribution in [0, 0.1) is 4.77 Å². The van der Waals surface area contributed by atoms with Gasteiger partial charge in [0.1, 0.15) is 11.6 Å². The Kier molecular flexibility index (Phi) is 7.12. The second-order valence-corrected chi connectivity index (χ2v) is 6.77. The molecule has 0 unspecified atom stereocenters. The van der Waals surface area contributed by atoms with E-state index >= 15 is 0 Å². The van der Waals surface area contributed by atoms with Crippen molar-refractivity contribution in [2.45, 2.75) is 39.2 Å². The number of H-pyrrole nitrogens is 1. The first-order valence-electron chi connectivity index (χ1n) is 9.48. The van der Waals surface area contributed by atoms with Gasteiger partial charge in [-0.3, -0.25) is 9.89 Å². The molecule has 154 valence electrons. The molecule has 0 atom stereocenters. The largest absolute Gasteiger partial charge is 0.497 e. The van der Waals surface area contributed by atoms with Gasteiger partial charge in [0.25, 0.3) is 0 Å². The predicted molar refractivity (Wildman–Crippen MR) is 109 cm³/mol. The maximum atomic E-state index is 12.0. The van der Waals surface area contributed by atoms with Crippen LogP contribution in [0.15, 0.2) is 28.8 Å². The van der Waals surface area contributed by atoms with Crippen molar-refractivity contribution in [3.63, 3.8) is 0 Å². The van der Waals surface area contributed by atoms with Crippen LogP contribution in [0.25, 0.3) is 11.4 Å². The molecule has 0 aliphatic heterocycles. The lowest BCUT2D eigenvalue weighted by Gasteiger charge is -2.05. The first-order valence-corrected chi connectivity index (χ1v) is 9.89. The van der Waals surface area contributed by atoms with Gasteiger partial charge in [0.05, 0.1) is 7.11 Å². The molecule has 0 fully saturated rings. The second kappa shape index (κ2) is 9.97. The highest BCUT2D eigenvalue weighted by Crippen LogP contribution is 2.20. The number of methoxy groups -OCH3 is 1. The molecule has 0 saturated heterocycles. The maximum Gasteiger partial charge on any atom is 0.226 e. The number of carbonyl (C=O) groups excluding carboxylic acids is 1. The van der Waals surface area contributed by atoms with E-state index in [1.54, 1.807) is 7.11 Å². The number of amides is 1. The van der Waals surface area contributed by atoms with Crippen molar-refractivity contribution in [3.05, 3.63) is 40.8 Å². The number of hydrogen-bond acceptors (Lipinski definition) is 7. The van der Waals surface area contributed by atoms with E-state index in [0.717, 1.165) is 23.7 Å². The molecule has 3 rings (SSSR count). The van der Waals surface area contributed by atoms with Gasteiger partial charge in [-0.25, -0.2) is 0 Å². The minimum Gasteiger partial charge on any atom is -0.497 e. The Balaban J connectivity index is 1.40. The first kappa shape index (κ1) is 20.7. The monoisotopic (exact) mass is 416 g/mol. The van der Waals surface area contributed by atoms with Gasteiger partial charge in [0, 0.05) is 37.9 Å². The smallest absolute Gasteiger partial charge is 0.226 e. The van der Waals surface area contributed by atoms with Gasteiger partial charge in [-0.1, -0.05) is 5.16 Å². The molecule has 0 aliphatic carbocycles. The fraction of sp³-hybridized carbons (Fsp3) is 0.421. The topological polar surface area (TPSA) is 111 Å². The third kappa shape index (κ3) is 5.50. The molecule has 10 heteroatoms. The van der Waals surface area contributed by atoms with Crippen LogP contribution in [-0.4, -0.2) is 44.5 Å². The summed E-state index contributed by atoms with van der Waals surface area (Å²) in [5.41, 5.74) is 0.850. The minimum atomic E-state index is -0.0166. The van der Waals surface area contributed by atoms with E-state index in [2.05, 4.69) is 25.7 Å². The third-order valence-electron chi connectivity index (χ3n) is 4.44. The van der Waals surface area contributed by atoms with Crippen LogP contribution in [-0.2, 0) is 24.2 Å². The van der Waals surface area contributed by atoms with Gasteiger partial charge in [0.2, 0.25) is 17.6 Å². The van der Waals surface area contributed by atoms with E-state index in [-0.39, 0.29) is 5.91 Å². The molecule has 0 aliphatic rings. The zero-order valence-corrected chi connectivity index (χ0v) is 17.3. The molecule has 2 N–H and O–H groups in total. The van der Waals surface area contributed by atoms with Crippen molar-refractivity contribution in [3.8, 4) is 17.1 Å².